The highest BCUT2D eigenvalue weighted by Gasteiger charge is 2.13. The first-order valence-electron chi connectivity index (χ1n) is 6.10. The molecule has 3 heteroatoms. The minimum atomic E-state index is 0.780. The van der Waals surface area contributed by atoms with E-state index in [0.29, 0.717) is 0 Å². The molecule has 1 N–H and O–H groups in total. The maximum Gasteiger partial charge on any atom is 0.105 e. The van der Waals surface area contributed by atoms with E-state index in [9.17, 15) is 0 Å². The maximum atomic E-state index is 5.50. The molecule has 0 saturated carbocycles. The van der Waals surface area contributed by atoms with Crippen LogP contribution >= 0.6 is 0 Å². The van der Waals surface area contributed by atoms with Crippen LogP contribution in [-0.2, 0) is 11.3 Å². The number of nitrogens with one attached hydrogen (secondary N) is 1. The molecular weight excluding hydrogens is 202 g/mol. The summed E-state index contributed by atoms with van der Waals surface area (Å²) >= 11 is 0. The lowest BCUT2D eigenvalue weighted by Gasteiger charge is -2.22. The molecule has 0 bridgehead atoms. The molecule has 1 aromatic heterocycles. The quantitative estimate of drug-likeness (QED) is 0.851. The van der Waals surface area contributed by atoms with Crippen molar-refractivity contribution in [1.29, 1.82) is 0 Å². The molecule has 0 spiro atoms. The number of hydrogen-bond donors (Lipinski definition) is 1. The molecule has 2 heterocycles. The van der Waals surface area contributed by atoms with Crippen molar-refractivity contribution in [3.8, 4) is 0 Å². The molecule has 0 atom stereocenters. The van der Waals surface area contributed by atoms with E-state index in [-0.39, 0.29) is 0 Å². The first kappa shape index (κ1) is 11.7. The van der Waals surface area contributed by atoms with E-state index in [0.717, 1.165) is 43.7 Å². The molecule has 0 amide bonds. The van der Waals surface area contributed by atoms with Crippen LogP contribution in [-0.4, -0.2) is 19.8 Å². The molecule has 1 aliphatic rings. The first-order chi connectivity index (χ1) is 7.75. The SMILES string of the molecule is Cc1cc(CNCC2CCOCC2)c(C)o1. The molecule has 3 nitrogen and oxygen atoms in total. The van der Waals surface area contributed by atoms with Crippen molar-refractivity contribution in [2.45, 2.75) is 33.2 Å². The molecule has 1 aromatic rings. The standard InChI is InChI=1S/C13H21NO2/c1-10-7-13(11(2)16-10)9-14-8-12-3-5-15-6-4-12/h7,12,14H,3-6,8-9H2,1-2H3. The largest absolute Gasteiger partial charge is 0.466 e. The summed E-state index contributed by atoms with van der Waals surface area (Å²) in [5.74, 6) is 2.82. The topological polar surface area (TPSA) is 34.4 Å². The summed E-state index contributed by atoms with van der Waals surface area (Å²) in [7, 11) is 0. The Bertz CT molecular complexity index is 327. The smallest absolute Gasteiger partial charge is 0.105 e. The molecule has 0 unspecified atom stereocenters. The number of ether oxygens (including phenoxy) is 1. The van der Waals surface area contributed by atoms with Gasteiger partial charge in [-0.1, -0.05) is 0 Å². The summed E-state index contributed by atoms with van der Waals surface area (Å²) in [6.45, 7) is 7.88. The molecule has 1 saturated heterocycles. The van der Waals surface area contributed by atoms with Crippen molar-refractivity contribution < 1.29 is 9.15 Å². The Hall–Kier alpha value is -0.800. The maximum absolute atomic E-state index is 5.50. The van der Waals surface area contributed by atoms with Crippen molar-refractivity contribution in [3.63, 3.8) is 0 Å². The van der Waals surface area contributed by atoms with Gasteiger partial charge < -0.3 is 14.5 Å². The number of rotatable bonds is 4. The summed E-state index contributed by atoms with van der Waals surface area (Å²) in [6, 6.07) is 2.12. The van der Waals surface area contributed by atoms with Gasteiger partial charge in [0.15, 0.2) is 0 Å². The van der Waals surface area contributed by atoms with Crippen LogP contribution in [0.4, 0.5) is 0 Å². The van der Waals surface area contributed by atoms with Gasteiger partial charge in [0.1, 0.15) is 11.5 Å². The van der Waals surface area contributed by atoms with Gasteiger partial charge in [-0.3, -0.25) is 0 Å². The van der Waals surface area contributed by atoms with Crippen LogP contribution in [0.2, 0.25) is 0 Å². The number of furan rings is 1. The van der Waals surface area contributed by atoms with Crippen molar-refractivity contribution in [1.82, 2.24) is 5.32 Å². The Morgan fingerprint density at radius 1 is 1.31 bits per heavy atom. The predicted octanol–water partition coefficient (Wildman–Crippen LogP) is 2.41. The fourth-order valence-electron chi connectivity index (χ4n) is 2.22. The van der Waals surface area contributed by atoms with Gasteiger partial charge in [0.25, 0.3) is 0 Å². The zero-order chi connectivity index (χ0) is 11.4. The van der Waals surface area contributed by atoms with Crippen molar-refractivity contribution >= 4 is 0 Å². The lowest BCUT2D eigenvalue weighted by Crippen LogP contribution is -2.27. The molecule has 90 valence electrons. The fraction of sp³-hybridized carbons (Fsp3) is 0.692. The van der Waals surface area contributed by atoms with Gasteiger partial charge in [0, 0.05) is 25.3 Å². The van der Waals surface area contributed by atoms with Crippen molar-refractivity contribution in [3.05, 3.63) is 23.2 Å². The Morgan fingerprint density at radius 3 is 2.69 bits per heavy atom. The van der Waals surface area contributed by atoms with Gasteiger partial charge in [0.05, 0.1) is 0 Å². The average molecular weight is 223 g/mol. The Kier molecular flexibility index (Phi) is 4.02. The van der Waals surface area contributed by atoms with Crippen LogP contribution < -0.4 is 5.32 Å². The lowest BCUT2D eigenvalue weighted by molar-refractivity contribution is 0.0662. The predicted molar refractivity (Wildman–Crippen MR) is 63.4 cm³/mol. The second-order valence-corrected chi connectivity index (χ2v) is 4.63. The number of aryl methyl sites for hydroxylation is 2. The van der Waals surface area contributed by atoms with Crippen LogP contribution in [0.15, 0.2) is 10.5 Å². The third-order valence-electron chi connectivity index (χ3n) is 3.23. The molecule has 2 rings (SSSR count). The lowest BCUT2D eigenvalue weighted by atomic mass is 10.0. The summed E-state index contributed by atoms with van der Waals surface area (Å²) in [5.41, 5.74) is 1.28. The minimum absolute atomic E-state index is 0.780. The molecule has 0 aromatic carbocycles. The van der Waals surface area contributed by atoms with Crippen LogP contribution in [0.1, 0.15) is 29.9 Å². The monoisotopic (exact) mass is 223 g/mol. The number of hydrogen-bond acceptors (Lipinski definition) is 3. The highest BCUT2D eigenvalue weighted by molar-refractivity contribution is 5.19. The van der Waals surface area contributed by atoms with Crippen molar-refractivity contribution in [2.75, 3.05) is 19.8 Å². The van der Waals surface area contributed by atoms with Gasteiger partial charge in [-0.15, -0.1) is 0 Å². The summed E-state index contributed by atoms with van der Waals surface area (Å²) < 4.78 is 10.8. The highest BCUT2D eigenvalue weighted by atomic mass is 16.5. The van der Waals surface area contributed by atoms with E-state index in [1.165, 1.54) is 18.4 Å². The van der Waals surface area contributed by atoms with Gasteiger partial charge in [-0.2, -0.15) is 0 Å². The third-order valence-corrected chi connectivity index (χ3v) is 3.23. The van der Waals surface area contributed by atoms with E-state index < -0.39 is 0 Å². The van der Waals surface area contributed by atoms with Gasteiger partial charge in [-0.05, 0) is 45.2 Å². The molecule has 1 fully saturated rings. The van der Waals surface area contributed by atoms with E-state index in [4.69, 9.17) is 9.15 Å². The summed E-state index contributed by atoms with van der Waals surface area (Å²) in [6.07, 6.45) is 2.38. The van der Waals surface area contributed by atoms with Crippen LogP contribution in [0.25, 0.3) is 0 Å². The Labute approximate surface area is 97.2 Å². The van der Waals surface area contributed by atoms with Crippen LogP contribution in [0, 0.1) is 19.8 Å². The molecule has 0 aliphatic carbocycles. The minimum Gasteiger partial charge on any atom is -0.466 e. The van der Waals surface area contributed by atoms with E-state index in [1.807, 2.05) is 13.8 Å². The molecular formula is C13H21NO2. The zero-order valence-electron chi connectivity index (χ0n) is 10.2. The Morgan fingerprint density at radius 2 is 2.06 bits per heavy atom. The third kappa shape index (κ3) is 3.09. The second-order valence-electron chi connectivity index (χ2n) is 4.63. The van der Waals surface area contributed by atoms with Crippen LogP contribution in [0.5, 0.6) is 0 Å². The normalized spacial score (nSPS) is 17.9. The molecule has 0 radical (unpaired) electrons. The second kappa shape index (κ2) is 5.51. The highest BCUT2D eigenvalue weighted by Crippen LogP contribution is 2.15. The van der Waals surface area contributed by atoms with Gasteiger partial charge in [-0.25, -0.2) is 0 Å². The first-order valence-corrected chi connectivity index (χ1v) is 6.10. The molecule has 1 aliphatic heterocycles. The average Bonchev–Trinajstić information content (AvgIpc) is 2.59. The summed E-state index contributed by atoms with van der Waals surface area (Å²) in [5, 5.41) is 3.51. The fourth-order valence-corrected chi connectivity index (χ4v) is 2.22. The molecule has 16 heavy (non-hydrogen) atoms. The van der Waals surface area contributed by atoms with Crippen LogP contribution in [0.3, 0.4) is 0 Å². The summed E-state index contributed by atoms with van der Waals surface area (Å²) in [4.78, 5) is 0. The van der Waals surface area contributed by atoms with E-state index >= 15 is 0 Å². The van der Waals surface area contributed by atoms with Gasteiger partial charge in [0.2, 0.25) is 0 Å². The zero-order valence-corrected chi connectivity index (χ0v) is 10.2. The van der Waals surface area contributed by atoms with Crippen molar-refractivity contribution in [2.24, 2.45) is 5.92 Å². The van der Waals surface area contributed by atoms with Gasteiger partial charge >= 0.3 is 0 Å². The van der Waals surface area contributed by atoms with E-state index in [2.05, 4.69) is 11.4 Å². The van der Waals surface area contributed by atoms with E-state index in [1.54, 1.807) is 0 Å². The Balaban J connectivity index is 1.73.